The fraction of sp³-hybridized carbons (Fsp3) is 0.250. The first-order valence-electron chi connectivity index (χ1n) is 9.06. The lowest BCUT2D eigenvalue weighted by Gasteiger charge is -2.29. The molecule has 9 heteroatoms. The Kier molecular flexibility index (Phi) is 4.71. The van der Waals surface area contributed by atoms with E-state index >= 15 is 0 Å². The molecule has 9 nitrogen and oxygen atoms in total. The van der Waals surface area contributed by atoms with E-state index in [-0.39, 0.29) is 43.5 Å². The molecule has 1 atom stereocenters. The van der Waals surface area contributed by atoms with Crippen LogP contribution in [0.25, 0.3) is 0 Å². The van der Waals surface area contributed by atoms with Gasteiger partial charge in [0.15, 0.2) is 0 Å². The van der Waals surface area contributed by atoms with Crippen LogP contribution in [0.3, 0.4) is 0 Å². The molecule has 1 saturated heterocycles. The molecule has 0 aromatic heterocycles. The molecular formula is C20H17N3O6. The summed E-state index contributed by atoms with van der Waals surface area (Å²) >= 11 is 0. The second-order valence-electron chi connectivity index (χ2n) is 6.90. The van der Waals surface area contributed by atoms with Crippen LogP contribution in [-0.2, 0) is 22.7 Å². The monoisotopic (exact) mass is 395 g/mol. The number of fused-ring (bicyclic) bond motifs is 1. The summed E-state index contributed by atoms with van der Waals surface area (Å²) in [6, 6.07) is 10.5. The molecular weight excluding hydrogens is 378 g/mol. The van der Waals surface area contributed by atoms with Gasteiger partial charge in [-0.05, 0) is 24.1 Å². The Morgan fingerprint density at radius 2 is 1.97 bits per heavy atom. The van der Waals surface area contributed by atoms with Crippen molar-refractivity contribution in [2.75, 3.05) is 0 Å². The van der Waals surface area contributed by atoms with Crippen LogP contribution in [0.1, 0.15) is 34.3 Å². The van der Waals surface area contributed by atoms with Crippen molar-refractivity contribution in [2.45, 2.75) is 32.0 Å². The number of hydrogen-bond acceptors (Lipinski definition) is 6. The second-order valence-corrected chi connectivity index (χ2v) is 6.90. The highest BCUT2D eigenvalue weighted by atomic mass is 16.6. The average Bonchev–Trinajstić information content (AvgIpc) is 3.04. The van der Waals surface area contributed by atoms with Crippen LogP contribution in [0.15, 0.2) is 42.5 Å². The fourth-order valence-electron chi connectivity index (χ4n) is 3.61. The second kappa shape index (κ2) is 7.34. The summed E-state index contributed by atoms with van der Waals surface area (Å²) in [5.41, 5.74) is 1.71. The first-order chi connectivity index (χ1) is 13.9. The van der Waals surface area contributed by atoms with Crippen molar-refractivity contribution >= 4 is 23.4 Å². The van der Waals surface area contributed by atoms with Crippen molar-refractivity contribution in [3.05, 3.63) is 69.3 Å². The number of carbonyl (C=O) groups excluding carboxylic acids is 3. The predicted molar refractivity (Wildman–Crippen MR) is 99.9 cm³/mol. The third kappa shape index (κ3) is 3.54. The highest BCUT2D eigenvalue weighted by molar-refractivity contribution is 6.05. The molecule has 3 amide bonds. The molecule has 1 unspecified atom stereocenters. The number of nitrogens with one attached hydrogen (secondary N) is 1. The van der Waals surface area contributed by atoms with E-state index in [1.54, 1.807) is 30.3 Å². The number of amides is 3. The lowest BCUT2D eigenvalue weighted by Crippen LogP contribution is -2.52. The Hall–Kier alpha value is -3.75. The van der Waals surface area contributed by atoms with Crippen molar-refractivity contribution < 1.29 is 24.0 Å². The molecule has 148 valence electrons. The van der Waals surface area contributed by atoms with E-state index in [4.69, 9.17) is 4.74 Å². The third-order valence-electron chi connectivity index (χ3n) is 5.05. The van der Waals surface area contributed by atoms with Crippen LogP contribution in [0.5, 0.6) is 5.75 Å². The van der Waals surface area contributed by atoms with Gasteiger partial charge in [-0.15, -0.1) is 0 Å². The molecule has 0 radical (unpaired) electrons. The summed E-state index contributed by atoms with van der Waals surface area (Å²) in [6.45, 7) is 0.302. The van der Waals surface area contributed by atoms with Crippen LogP contribution < -0.4 is 10.1 Å². The molecule has 4 rings (SSSR count). The summed E-state index contributed by atoms with van der Waals surface area (Å²) in [4.78, 5) is 48.2. The van der Waals surface area contributed by atoms with E-state index in [2.05, 4.69) is 5.32 Å². The number of benzene rings is 2. The predicted octanol–water partition coefficient (Wildman–Crippen LogP) is 1.93. The highest BCUT2D eigenvalue weighted by Crippen LogP contribution is 2.34. The molecule has 2 aromatic rings. The normalized spacial score (nSPS) is 18.4. The topological polar surface area (TPSA) is 119 Å². The van der Waals surface area contributed by atoms with Crippen molar-refractivity contribution in [1.82, 2.24) is 10.2 Å². The van der Waals surface area contributed by atoms with Crippen LogP contribution in [0.4, 0.5) is 5.69 Å². The summed E-state index contributed by atoms with van der Waals surface area (Å²) in [7, 11) is 0. The summed E-state index contributed by atoms with van der Waals surface area (Å²) in [5, 5.41) is 13.2. The Bertz CT molecular complexity index is 1030. The molecule has 2 aliphatic rings. The van der Waals surface area contributed by atoms with Crippen molar-refractivity contribution in [3.63, 3.8) is 0 Å². The van der Waals surface area contributed by atoms with E-state index in [0.29, 0.717) is 22.4 Å². The van der Waals surface area contributed by atoms with Gasteiger partial charge < -0.3 is 9.64 Å². The summed E-state index contributed by atoms with van der Waals surface area (Å²) < 4.78 is 5.84. The minimum absolute atomic E-state index is 0.0244. The molecule has 0 saturated carbocycles. The number of nitrogens with zero attached hydrogens (tertiary/aromatic N) is 2. The molecule has 0 spiro atoms. The molecule has 29 heavy (non-hydrogen) atoms. The van der Waals surface area contributed by atoms with E-state index in [9.17, 15) is 24.5 Å². The Morgan fingerprint density at radius 3 is 2.72 bits per heavy atom. The zero-order chi connectivity index (χ0) is 20.5. The molecule has 0 aliphatic carbocycles. The maximum absolute atomic E-state index is 12.8. The number of nitro benzene ring substituents is 1. The van der Waals surface area contributed by atoms with Gasteiger partial charge in [-0.2, -0.15) is 0 Å². The third-order valence-corrected chi connectivity index (χ3v) is 5.05. The first kappa shape index (κ1) is 18.6. The largest absolute Gasteiger partial charge is 0.489 e. The quantitative estimate of drug-likeness (QED) is 0.469. The maximum Gasteiger partial charge on any atom is 0.269 e. The summed E-state index contributed by atoms with van der Waals surface area (Å²) in [6.07, 6.45) is 0.473. The van der Waals surface area contributed by atoms with Gasteiger partial charge in [-0.25, -0.2) is 0 Å². The van der Waals surface area contributed by atoms with Gasteiger partial charge in [0.2, 0.25) is 11.8 Å². The van der Waals surface area contributed by atoms with Gasteiger partial charge in [0.05, 0.1) is 11.5 Å². The van der Waals surface area contributed by atoms with E-state index in [1.807, 2.05) is 0 Å². The van der Waals surface area contributed by atoms with Gasteiger partial charge in [-0.1, -0.05) is 18.2 Å². The number of piperidine rings is 1. The van der Waals surface area contributed by atoms with Crippen molar-refractivity contribution in [1.29, 1.82) is 0 Å². The van der Waals surface area contributed by atoms with Gasteiger partial charge >= 0.3 is 0 Å². The van der Waals surface area contributed by atoms with Gasteiger partial charge in [0.1, 0.15) is 18.4 Å². The standard InChI is InChI=1S/C20H17N3O6/c24-18-8-7-16(19(25)21-18)22-10-15-14(20(22)26)5-2-6-17(15)29-11-12-3-1-4-13(9-12)23(27)28/h1-6,9,16H,7-8,10-11H2,(H,21,24,25). The SMILES string of the molecule is O=C1CCC(N2Cc3c(OCc4cccc([N+](=O)[O-])c4)cccc3C2=O)C(=O)N1. The van der Waals surface area contributed by atoms with Gasteiger partial charge in [-0.3, -0.25) is 29.8 Å². The Morgan fingerprint density at radius 1 is 1.17 bits per heavy atom. The van der Waals surface area contributed by atoms with E-state index in [1.165, 1.54) is 17.0 Å². The van der Waals surface area contributed by atoms with Crippen LogP contribution in [-0.4, -0.2) is 33.6 Å². The number of ether oxygens (including phenoxy) is 1. The number of non-ortho nitro benzene ring substituents is 1. The first-order valence-corrected chi connectivity index (χ1v) is 9.06. The zero-order valence-corrected chi connectivity index (χ0v) is 15.3. The van der Waals surface area contributed by atoms with Crippen molar-refractivity contribution in [3.8, 4) is 5.75 Å². The Labute approximate surface area is 165 Å². The van der Waals surface area contributed by atoms with Crippen molar-refractivity contribution in [2.24, 2.45) is 0 Å². The molecule has 2 aromatic carbocycles. The molecule has 1 N–H and O–H groups in total. The number of hydrogen-bond donors (Lipinski definition) is 1. The lowest BCUT2D eigenvalue weighted by molar-refractivity contribution is -0.384. The molecule has 2 heterocycles. The van der Waals surface area contributed by atoms with E-state index < -0.39 is 16.9 Å². The number of nitro groups is 1. The number of imide groups is 1. The molecule has 1 fully saturated rings. The fourth-order valence-corrected chi connectivity index (χ4v) is 3.61. The average molecular weight is 395 g/mol. The Balaban J connectivity index is 1.53. The highest BCUT2D eigenvalue weighted by Gasteiger charge is 2.40. The van der Waals surface area contributed by atoms with E-state index in [0.717, 1.165) is 0 Å². The van der Waals surface area contributed by atoms with Gasteiger partial charge in [0.25, 0.3) is 11.6 Å². The summed E-state index contributed by atoms with van der Waals surface area (Å²) in [5.74, 6) is -0.606. The lowest BCUT2D eigenvalue weighted by atomic mass is 10.0. The van der Waals surface area contributed by atoms with Crippen LogP contribution >= 0.6 is 0 Å². The van der Waals surface area contributed by atoms with Crippen LogP contribution in [0, 0.1) is 10.1 Å². The minimum Gasteiger partial charge on any atom is -0.489 e. The maximum atomic E-state index is 12.8. The smallest absolute Gasteiger partial charge is 0.269 e. The molecule has 0 bridgehead atoms. The number of rotatable bonds is 5. The van der Waals surface area contributed by atoms with Gasteiger partial charge in [0, 0.05) is 29.7 Å². The van der Waals surface area contributed by atoms with Crippen LogP contribution in [0.2, 0.25) is 0 Å². The minimum atomic E-state index is -0.697. The molecule has 2 aliphatic heterocycles. The number of carbonyl (C=O) groups is 3. The zero-order valence-electron chi connectivity index (χ0n) is 15.3.